The van der Waals surface area contributed by atoms with E-state index in [1.54, 1.807) is 11.3 Å². The number of thiophene rings is 1. The van der Waals surface area contributed by atoms with Crippen LogP contribution in [0.4, 0.5) is 5.00 Å². The number of carbonyl (C=O) groups is 1. The summed E-state index contributed by atoms with van der Waals surface area (Å²) in [4.78, 5) is 13.2. The molecule has 1 amide bonds. The molecule has 0 saturated carbocycles. The molecule has 0 unspecified atom stereocenters. The molecule has 1 aromatic rings. The quantitative estimate of drug-likeness (QED) is 0.870. The van der Waals surface area contributed by atoms with Gasteiger partial charge >= 0.3 is 0 Å². The van der Waals surface area contributed by atoms with Gasteiger partial charge in [-0.3, -0.25) is 4.79 Å². The number of nitrogens with zero attached hydrogens (tertiary/aromatic N) is 1. The zero-order chi connectivity index (χ0) is 16.5. The maximum Gasteiger partial charge on any atom is 0.227 e. The first-order valence-electron chi connectivity index (χ1n) is 8.15. The number of nitriles is 1. The van der Waals surface area contributed by atoms with Crippen molar-refractivity contribution in [2.45, 2.75) is 60.3 Å². The van der Waals surface area contributed by atoms with Gasteiger partial charge in [-0.05, 0) is 36.2 Å². The maximum atomic E-state index is 11.9. The van der Waals surface area contributed by atoms with Crippen molar-refractivity contribution in [1.82, 2.24) is 0 Å². The van der Waals surface area contributed by atoms with Gasteiger partial charge in [0.25, 0.3) is 0 Å². The standard InChI is InChI=1S/C18H26N2OS/c1-6-18(4,5)12-7-8-13-14(10-19)17(22-15(13)9-12)20-16(21)11(2)3/h11-12H,6-9H2,1-5H3,(H,20,21)/t12-/m1/s1. The van der Waals surface area contributed by atoms with Crippen LogP contribution in [-0.2, 0) is 17.6 Å². The second-order valence-electron chi connectivity index (χ2n) is 7.25. The topological polar surface area (TPSA) is 52.9 Å². The molecule has 1 aliphatic carbocycles. The lowest BCUT2D eigenvalue weighted by Crippen LogP contribution is -2.28. The third-order valence-corrected chi connectivity index (χ3v) is 6.32. The van der Waals surface area contributed by atoms with E-state index >= 15 is 0 Å². The minimum absolute atomic E-state index is 0.0134. The van der Waals surface area contributed by atoms with Gasteiger partial charge in [0, 0.05) is 10.8 Å². The van der Waals surface area contributed by atoms with Crippen molar-refractivity contribution < 1.29 is 4.79 Å². The summed E-state index contributed by atoms with van der Waals surface area (Å²) in [5.41, 5.74) is 2.20. The highest BCUT2D eigenvalue weighted by Gasteiger charge is 2.34. The SMILES string of the molecule is CCC(C)(C)[C@@H]1CCc2c(sc(NC(=O)C(C)C)c2C#N)C1. The fraction of sp³-hybridized carbons (Fsp3) is 0.667. The minimum Gasteiger partial charge on any atom is -0.316 e. The van der Waals surface area contributed by atoms with E-state index in [1.165, 1.54) is 16.9 Å². The molecule has 0 radical (unpaired) electrons. The highest BCUT2D eigenvalue weighted by molar-refractivity contribution is 7.16. The van der Waals surface area contributed by atoms with E-state index in [2.05, 4.69) is 32.2 Å². The number of fused-ring (bicyclic) bond motifs is 1. The summed E-state index contributed by atoms with van der Waals surface area (Å²) >= 11 is 1.61. The molecule has 120 valence electrons. The van der Waals surface area contributed by atoms with E-state index in [0.717, 1.165) is 24.3 Å². The summed E-state index contributed by atoms with van der Waals surface area (Å²) in [6, 6.07) is 2.31. The summed E-state index contributed by atoms with van der Waals surface area (Å²) in [6.45, 7) is 10.7. The van der Waals surface area contributed by atoms with Gasteiger partial charge in [-0.25, -0.2) is 0 Å². The van der Waals surface area contributed by atoms with Crippen molar-refractivity contribution in [3.63, 3.8) is 0 Å². The molecule has 4 heteroatoms. The normalized spacial score (nSPS) is 18.0. The van der Waals surface area contributed by atoms with Crippen molar-refractivity contribution in [2.24, 2.45) is 17.3 Å². The van der Waals surface area contributed by atoms with E-state index in [-0.39, 0.29) is 11.8 Å². The summed E-state index contributed by atoms with van der Waals surface area (Å²) in [7, 11) is 0. The minimum atomic E-state index is -0.0718. The molecule has 1 N–H and O–H groups in total. The number of amides is 1. The number of carbonyl (C=O) groups excluding carboxylic acids is 1. The van der Waals surface area contributed by atoms with Crippen LogP contribution in [0.2, 0.25) is 0 Å². The molecule has 0 saturated heterocycles. The van der Waals surface area contributed by atoms with Gasteiger partial charge in [0.15, 0.2) is 0 Å². The molecular formula is C18H26N2OS. The average Bonchev–Trinajstić information content (AvgIpc) is 2.82. The molecule has 0 fully saturated rings. The van der Waals surface area contributed by atoms with Gasteiger partial charge in [0.1, 0.15) is 11.1 Å². The molecule has 0 aliphatic heterocycles. The molecule has 0 bridgehead atoms. The van der Waals surface area contributed by atoms with Gasteiger partial charge in [-0.1, -0.05) is 41.0 Å². The maximum absolute atomic E-state index is 11.9. The fourth-order valence-electron chi connectivity index (χ4n) is 3.00. The lowest BCUT2D eigenvalue weighted by Gasteiger charge is -2.36. The van der Waals surface area contributed by atoms with Crippen LogP contribution in [0, 0.1) is 28.6 Å². The summed E-state index contributed by atoms with van der Waals surface area (Å²) in [5, 5.41) is 13.2. The second-order valence-corrected chi connectivity index (χ2v) is 8.35. The van der Waals surface area contributed by atoms with E-state index < -0.39 is 0 Å². The van der Waals surface area contributed by atoms with Crippen LogP contribution < -0.4 is 5.32 Å². The average molecular weight is 318 g/mol. The van der Waals surface area contributed by atoms with Crippen LogP contribution in [0.25, 0.3) is 0 Å². The molecule has 1 aromatic heterocycles. The third-order valence-electron chi connectivity index (χ3n) is 5.15. The fourth-order valence-corrected chi connectivity index (χ4v) is 4.28. The van der Waals surface area contributed by atoms with Crippen LogP contribution in [0.1, 0.15) is 63.5 Å². The van der Waals surface area contributed by atoms with Gasteiger partial charge in [-0.15, -0.1) is 11.3 Å². The Morgan fingerprint density at radius 2 is 2.18 bits per heavy atom. The van der Waals surface area contributed by atoms with Crippen LogP contribution in [-0.4, -0.2) is 5.91 Å². The Morgan fingerprint density at radius 1 is 1.50 bits per heavy atom. The Hall–Kier alpha value is -1.34. The second kappa shape index (κ2) is 6.42. The zero-order valence-corrected chi connectivity index (χ0v) is 15.1. The van der Waals surface area contributed by atoms with Crippen molar-refractivity contribution in [3.8, 4) is 6.07 Å². The number of rotatable bonds is 4. The lowest BCUT2D eigenvalue weighted by atomic mass is 9.69. The Labute approximate surface area is 137 Å². The molecule has 22 heavy (non-hydrogen) atoms. The summed E-state index contributed by atoms with van der Waals surface area (Å²) in [5.74, 6) is 0.571. The Kier molecular flexibility index (Phi) is 4.97. The van der Waals surface area contributed by atoms with Crippen LogP contribution >= 0.6 is 11.3 Å². The van der Waals surface area contributed by atoms with Crippen molar-refractivity contribution >= 4 is 22.2 Å². The van der Waals surface area contributed by atoms with Crippen LogP contribution in [0.3, 0.4) is 0 Å². The van der Waals surface area contributed by atoms with E-state index in [0.29, 0.717) is 16.9 Å². The molecule has 3 nitrogen and oxygen atoms in total. The largest absolute Gasteiger partial charge is 0.316 e. The summed E-state index contributed by atoms with van der Waals surface area (Å²) < 4.78 is 0. The Morgan fingerprint density at radius 3 is 2.73 bits per heavy atom. The predicted molar refractivity (Wildman–Crippen MR) is 92.1 cm³/mol. The first-order valence-corrected chi connectivity index (χ1v) is 8.97. The van der Waals surface area contributed by atoms with Crippen molar-refractivity contribution in [3.05, 3.63) is 16.0 Å². The smallest absolute Gasteiger partial charge is 0.227 e. The zero-order valence-electron chi connectivity index (χ0n) is 14.2. The van der Waals surface area contributed by atoms with Crippen LogP contribution in [0.15, 0.2) is 0 Å². The van der Waals surface area contributed by atoms with Gasteiger partial charge in [0.2, 0.25) is 5.91 Å². The van der Waals surface area contributed by atoms with Gasteiger partial charge < -0.3 is 5.32 Å². The van der Waals surface area contributed by atoms with Gasteiger partial charge in [-0.2, -0.15) is 5.26 Å². The Balaban J connectivity index is 2.29. The highest BCUT2D eigenvalue weighted by Crippen LogP contribution is 2.45. The van der Waals surface area contributed by atoms with E-state index in [1.807, 2.05) is 13.8 Å². The van der Waals surface area contributed by atoms with Crippen LogP contribution in [0.5, 0.6) is 0 Å². The highest BCUT2D eigenvalue weighted by atomic mass is 32.1. The van der Waals surface area contributed by atoms with Crippen molar-refractivity contribution in [2.75, 3.05) is 5.32 Å². The number of hydrogen-bond acceptors (Lipinski definition) is 3. The third kappa shape index (κ3) is 3.20. The van der Waals surface area contributed by atoms with E-state index in [4.69, 9.17) is 0 Å². The lowest BCUT2D eigenvalue weighted by molar-refractivity contribution is -0.118. The van der Waals surface area contributed by atoms with E-state index in [9.17, 15) is 10.1 Å². The van der Waals surface area contributed by atoms with Crippen molar-refractivity contribution in [1.29, 1.82) is 5.26 Å². The number of anilines is 1. The number of nitrogens with one attached hydrogen (secondary N) is 1. The predicted octanol–water partition coefficient (Wildman–Crippen LogP) is 4.76. The number of hydrogen-bond donors (Lipinski definition) is 1. The first kappa shape index (κ1) is 17.0. The molecule has 2 rings (SSSR count). The molecular weight excluding hydrogens is 292 g/mol. The molecule has 1 atom stereocenters. The van der Waals surface area contributed by atoms with Gasteiger partial charge in [0.05, 0.1) is 5.56 Å². The monoisotopic (exact) mass is 318 g/mol. The molecule has 0 aromatic carbocycles. The molecule has 1 aliphatic rings. The first-order chi connectivity index (χ1) is 10.3. The summed E-state index contributed by atoms with van der Waals surface area (Å²) in [6.07, 6.45) is 4.30. The molecule has 0 spiro atoms. The Bertz CT molecular complexity index is 607. The molecule has 1 heterocycles.